The number of nitrogens with one attached hydrogen (secondary N) is 1. The minimum absolute atomic E-state index is 0.605. The molecule has 0 spiro atoms. The van der Waals surface area contributed by atoms with Crippen LogP contribution in [0, 0.1) is 11.8 Å². The van der Waals surface area contributed by atoms with Crippen molar-refractivity contribution in [3.63, 3.8) is 0 Å². The van der Waals surface area contributed by atoms with Crippen molar-refractivity contribution in [1.82, 2.24) is 20.3 Å². The summed E-state index contributed by atoms with van der Waals surface area (Å²) in [6, 6.07) is 0. The van der Waals surface area contributed by atoms with E-state index in [-0.39, 0.29) is 0 Å². The van der Waals surface area contributed by atoms with Gasteiger partial charge in [0.05, 0.1) is 12.3 Å². The van der Waals surface area contributed by atoms with E-state index in [2.05, 4.69) is 29.5 Å². The van der Waals surface area contributed by atoms with Crippen molar-refractivity contribution in [2.24, 2.45) is 11.8 Å². The number of aromatic nitrogens is 3. The van der Waals surface area contributed by atoms with E-state index in [0.29, 0.717) is 11.8 Å². The van der Waals surface area contributed by atoms with Crippen LogP contribution >= 0.6 is 0 Å². The molecule has 0 aromatic carbocycles. The van der Waals surface area contributed by atoms with E-state index >= 15 is 0 Å². The van der Waals surface area contributed by atoms with Gasteiger partial charge in [-0.05, 0) is 18.9 Å². The third-order valence-corrected chi connectivity index (χ3v) is 2.91. The van der Waals surface area contributed by atoms with Crippen molar-refractivity contribution >= 4 is 0 Å². The van der Waals surface area contributed by atoms with Crippen LogP contribution in [-0.4, -0.2) is 34.8 Å². The van der Waals surface area contributed by atoms with Gasteiger partial charge >= 0.3 is 0 Å². The molecule has 0 amide bonds. The lowest BCUT2D eigenvalue weighted by atomic mass is 10.1. The summed E-state index contributed by atoms with van der Waals surface area (Å²) in [5.41, 5.74) is 1.02. The smallest absolute Gasteiger partial charge is 0.0964 e. The van der Waals surface area contributed by atoms with Crippen LogP contribution in [0.5, 0.6) is 0 Å². The number of hydrogen-bond donors (Lipinski definition) is 1. The Bertz CT molecular complexity index is 331. The van der Waals surface area contributed by atoms with Crippen LogP contribution in [0.3, 0.4) is 0 Å². The van der Waals surface area contributed by atoms with Crippen molar-refractivity contribution in [3.8, 4) is 0 Å². The summed E-state index contributed by atoms with van der Waals surface area (Å²) in [5.74, 6) is 1.27. The summed E-state index contributed by atoms with van der Waals surface area (Å²) in [6.07, 6.45) is 3.17. The predicted molar refractivity (Wildman–Crippen MR) is 65.5 cm³/mol. The molecule has 17 heavy (non-hydrogen) atoms. The topological polar surface area (TPSA) is 52.0 Å². The molecule has 1 atom stereocenters. The van der Waals surface area contributed by atoms with Crippen molar-refractivity contribution < 1.29 is 4.74 Å². The molecule has 0 bridgehead atoms. The molecule has 2 rings (SSSR count). The average Bonchev–Trinajstić information content (AvgIpc) is 2.90. The fraction of sp³-hybridized carbons (Fsp3) is 0.833. The van der Waals surface area contributed by atoms with Gasteiger partial charge in [0.25, 0.3) is 0 Å². The lowest BCUT2D eigenvalue weighted by Crippen LogP contribution is -2.19. The molecule has 1 saturated heterocycles. The fourth-order valence-corrected chi connectivity index (χ4v) is 1.99. The summed E-state index contributed by atoms with van der Waals surface area (Å²) in [4.78, 5) is 0. The van der Waals surface area contributed by atoms with Gasteiger partial charge in [0.15, 0.2) is 0 Å². The third kappa shape index (κ3) is 4.09. The van der Waals surface area contributed by atoms with Crippen LogP contribution in [0.15, 0.2) is 6.20 Å². The first-order chi connectivity index (χ1) is 8.24. The van der Waals surface area contributed by atoms with Crippen LogP contribution in [0.4, 0.5) is 0 Å². The first-order valence-corrected chi connectivity index (χ1v) is 6.41. The summed E-state index contributed by atoms with van der Waals surface area (Å²) in [5, 5.41) is 11.7. The number of hydrogen-bond acceptors (Lipinski definition) is 4. The molecule has 1 N–H and O–H groups in total. The highest BCUT2D eigenvalue weighted by Gasteiger charge is 2.16. The molecule has 5 heteroatoms. The van der Waals surface area contributed by atoms with Crippen molar-refractivity contribution in [2.75, 3.05) is 19.8 Å². The van der Waals surface area contributed by atoms with Crippen LogP contribution in [0.1, 0.15) is 26.0 Å². The second kappa shape index (κ2) is 6.12. The average molecular weight is 238 g/mol. The Balaban J connectivity index is 1.75. The van der Waals surface area contributed by atoms with E-state index in [4.69, 9.17) is 4.74 Å². The van der Waals surface area contributed by atoms with Gasteiger partial charge in [-0.15, -0.1) is 5.10 Å². The van der Waals surface area contributed by atoms with E-state index in [1.807, 2.05) is 10.9 Å². The van der Waals surface area contributed by atoms with Crippen LogP contribution in [0.25, 0.3) is 0 Å². The van der Waals surface area contributed by atoms with Crippen LogP contribution in [-0.2, 0) is 17.8 Å². The maximum Gasteiger partial charge on any atom is 0.0964 e. The first-order valence-electron chi connectivity index (χ1n) is 6.41. The van der Waals surface area contributed by atoms with Crippen molar-refractivity contribution in [2.45, 2.75) is 33.4 Å². The molecule has 0 aliphatic carbocycles. The molecule has 0 saturated carbocycles. The van der Waals surface area contributed by atoms with Gasteiger partial charge in [-0.3, -0.25) is 4.68 Å². The highest BCUT2D eigenvalue weighted by atomic mass is 16.5. The molecule has 1 aliphatic heterocycles. The van der Waals surface area contributed by atoms with Crippen molar-refractivity contribution in [3.05, 3.63) is 11.9 Å². The molecule has 1 aromatic rings. The summed E-state index contributed by atoms with van der Waals surface area (Å²) < 4.78 is 7.29. The molecule has 0 unspecified atom stereocenters. The number of ether oxygens (including phenoxy) is 1. The monoisotopic (exact) mass is 238 g/mol. The van der Waals surface area contributed by atoms with Crippen LogP contribution < -0.4 is 5.32 Å². The van der Waals surface area contributed by atoms with Gasteiger partial charge < -0.3 is 10.1 Å². The van der Waals surface area contributed by atoms with Crippen molar-refractivity contribution in [1.29, 1.82) is 0 Å². The van der Waals surface area contributed by atoms with Gasteiger partial charge in [-0.2, -0.15) is 0 Å². The molecular weight excluding hydrogens is 216 g/mol. The Labute approximate surface area is 103 Å². The largest absolute Gasteiger partial charge is 0.381 e. The molecule has 2 heterocycles. The number of nitrogens with zero attached hydrogens (tertiary/aromatic N) is 3. The number of rotatable bonds is 6. The second-order valence-corrected chi connectivity index (χ2v) is 5.19. The van der Waals surface area contributed by atoms with Gasteiger partial charge in [0, 0.05) is 31.8 Å². The second-order valence-electron chi connectivity index (χ2n) is 5.19. The quantitative estimate of drug-likeness (QED) is 0.805. The maximum atomic E-state index is 5.35. The zero-order chi connectivity index (χ0) is 12.1. The molecular formula is C12H22N4O. The SMILES string of the molecule is CC(C)CNCc1cn(C[C@H]2CCOC2)nn1. The van der Waals surface area contributed by atoms with Gasteiger partial charge in [-0.25, -0.2) is 0 Å². The molecule has 0 radical (unpaired) electrons. The Hall–Kier alpha value is -0.940. The van der Waals surface area contributed by atoms with Gasteiger partial charge in [-0.1, -0.05) is 19.1 Å². The van der Waals surface area contributed by atoms with Gasteiger partial charge in [0.2, 0.25) is 0 Å². The van der Waals surface area contributed by atoms with E-state index in [1.165, 1.54) is 0 Å². The normalized spacial score (nSPS) is 20.3. The van der Waals surface area contributed by atoms with E-state index in [1.54, 1.807) is 0 Å². The first kappa shape index (κ1) is 12.5. The standard InChI is InChI=1S/C12H22N4O/c1-10(2)5-13-6-12-8-16(15-14-12)7-11-3-4-17-9-11/h8,10-11,13H,3-7,9H2,1-2H3/t11-/m1/s1. The summed E-state index contributed by atoms with van der Waals surface area (Å²) in [7, 11) is 0. The zero-order valence-electron chi connectivity index (χ0n) is 10.7. The van der Waals surface area contributed by atoms with Gasteiger partial charge in [0.1, 0.15) is 0 Å². The van der Waals surface area contributed by atoms with E-state index < -0.39 is 0 Å². The lowest BCUT2D eigenvalue weighted by molar-refractivity contribution is 0.181. The summed E-state index contributed by atoms with van der Waals surface area (Å²) >= 11 is 0. The van der Waals surface area contributed by atoms with E-state index in [0.717, 1.165) is 45.0 Å². The van der Waals surface area contributed by atoms with E-state index in [9.17, 15) is 0 Å². The zero-order valence-corrected chi connectivity index (χ0v) is 10.7. The minimum atomic E-state index is 0.605. The Morgan fingerprint density at radius 1 is 1.59 bits per heavy atom. The lowest BCUT2D eigenvalue weighted by Gasteiger charge is -2.06. The van der Waals surface area contributed by atoms with Crippen LogP contribution in [0.2, 0.25) is 0 Å². The maximum absolute atomic E-state index is 5.35. The molecule has 96 valence electrons. The fourth-order valence-electron chi connectivity index (χ4n) is 1.99. The highest BCUT2D eigenvalue weighted by Crippen LogP contribution is 2.14. The molecule has 1 aromatic heterocycles. The third-order valence-electron chi connectivity index (χ3n) is 2.91. The Kier molecular flexibility index (Phi) is 4.50. The minimum Gasteiger partial charge on any atom is -0.381 e. The molecule has 5 nitrogen and oxygen atoms in total. The predicted octanol–water partition coefficient (Wildman–Crippen LogP) is 1.06. The molecule has 1 fully saturated rings. The Morgan fingerprint density at radius 2 is 2.47 bits per heavy atom. The summed E-state index contributed by atoms with van der Waals surface area (Å²) in [6.45, 7) is 8.90. The highest BCUT2D eigenvalue weighted by molar-refractivity contribution is 4.91. The Morgan fingerprint density at radius 3 is 3.18 bits per heavy atom. The molecule has 1 aliphatic rings.